The van der Waals surface area contributed by atoms with Crippen LogP contribution in [0.25, 0.3) is 5.65 Å². The highest BCUT2D eigenvalue weighted by molar-refractivity contribution is 9.10. The average molecular weight is 565 g/mol. The first kappa shape index (κ1) is 24.9. The fourth-order valence-electron chi connectivity index (χ4n) is 4.80. The largest absolute Gasteiger partial charge is 0.497 e. The molecule has 0 aliphatic heterocycles. The predicted octanol–water partition coefficient (Wildman–Crippen LogP) is 5.83. The van der Waals surface area contributed by atoms with Crippen LogP contribution in [0.2, 0.25) is 0 Å². The summed E-state index contributed by atoms with van der Waals surface area (Å²) in [5, 5.41) is 20.0. The Morgan fingerprint density at radius 2 is 1.81 bits per heavy atom. The summed E-state index contributed by atoms with van der Waals surface area (Å²) in [7, 11) is 1.67. The van der Waals surface area contributed by atoms with Crippen LogP contribution in [0.4, 0.5) is 22.0 Å². The number of carboxylic acid groups (broad SMARTS) is 1. The number of benzene rings is 2. The van der Waals surface area contributed by atoms with E-state index in [0.717, 1.165) is 64.4 Å². The van der Waals surface area contributed by atoms with Crippen LogP contribution in [0.5, 0.6) is 5.75 Å². The summed E-state index contributed by atoms with van der Waals surface area (Å²) >= 11 is 3.59. The van der Waals surface area contributed by atoms with Crippen molar-refractivity contribution in [1.29, 1.82) is 0 Å². The fraction of sp³-hybridized carbons (Fsp3) is 0.296. The molecule has 0 radical (unpaired) electrons. The molecule has 2 aromatic heterocycles. The van der Waals surface area contributed by atoms with Crippen molar-refractivity contribution < 1.29 is 14.6 Å². The number of hydrogen-bond donors (Lipinski definition) is 3. The third kappa shape index (κ3) is 5.80. The lowest BCUT2D eigenvalue weighted by atomic mass is 9.91. The molecule has 3 N–H and O–H groups in total. The first-order valence-electron chi connectivity index (χ1n) is 12.3. The minimum absolute atomic E-state index is 0.00223. The van der Waals surface area contributed by atoms with Crippen LogP contribution in [0.3, 0.4) is 0 Å². The number of aromatic nitrogens is 3. The van der Waals surface area contributed by atoms with Gasteiger partial charge in [0.15, 0.2) is 5.65 Å². The van der Waals surface area contributed by atoms with Gasteiger partial charge in [0, 0.05) is 30.4 Å². The van der Waals surface area contributed by atoms with Gasteiger partial charge >= 0.3 is 6.09 Å². The normalized spacial score (nSPS) is 17.4. The summed E-state index contributed by atoms with van der Waals surface area (Å²) < 4.78 is 7.90. The summed E-state index contributed by atoms with van der Waals surface area (Å²) in [6, 6.07) is 20.6. The number of anilines is 3. The second kappa shape index (κ2) is 11.1. The molecule has 4 aromatic rings. The molecule has 0 spiro atoms. The molecule has 1 fully saturated rings. The smallest absolute Gasteiger partial charge is 0.404 e. The molecule has 0 atom stereocenters. The Morgan fingerprint density at radius 1 is 1.11 bits per heavy atom. The van der Waals surface area contributed by atoms with Gasteiger partial charge in [-0.1, -0.05) is 30.3 Å². The second-order valence-corrected chi connectivity index (χ2v) is 9.96. The second-order valence-electron chi connectivity index (χ2n) is 9.14. The van der Waals surface area contributed by atoms with Crippen LogP contribution >= 0.6 is 15.9 Å². The van der Waals surface area contributed by atoms with Gasteiger partial charge in [-0.2, -0.15) is 0 Å². The monoisotopic (exact) mass is 564 g/mol. The van der Waals surface area contributed by atoms with E-state index in [4.69, 9.17) is 14.9 Å². The van der Waals surface area contributed by atoms with Gasteiger partial charge in [-0.3, -0.25) is 0 Å². The molecule has 0 saturated heterocycles. The standard InChI is InChI=1S/C27H29BrN6O3/c1-37-22-13-7-18(8-14-22)17-33(21-5-3-2-4-6-21)23-15-25(32-34-24(28)16-29-26(23)34)30-19-9-11-20(12-10-19)31-27(35)36/h2-8,13-16,19-20,31H,9-12,17H2,1H3,(H,30,32)(H,35,36). The Bertz CT molecular complexity index is 1350. The van der Waals surface area contributed by atoms with Crippen molar-refractivity contribution in [3.8, 4) is 5.75 Å². The Kier molecular flexibility index (Phi) is 7.45. The zero-order valence-electron chi connectivity index (χ0n) is 20.5. The van der Waals surface area contributed by atoms with Gasteiger partial charge in [0.2, 0.25) is 0 Å². The van der Waals surface area contributed by atoms with Crippen LogP contribution in [0, 0.1) is 0 Å². The number of nitrogens with one attached hydrogen (secondary N) is 2. The Labute approximate surface area is 223 Å². The maximum atomic E-state index is 11.0. The van der Waals surface area contributed by atoms with E-state index >= 15 is 0 Å². The van der Waals surface area contributed by atoms with Gasteiger partial charge in [0.05, 0.1) is 19.0 Å². The number of rotatable bonds is 8. The highest BCUT2D eigenvalue weighted by Gasteiger charge is 2.24. The lowest BCUT2D eigenvalue weighted by molar-refractivity contribution is 0.185. The van der Waals surface area contributed by atoms with E-state index in [1.165, 1.54) is 0 Å². The fourth-order valence-corrected chi connectivity index (χ4v) is 5.15. The van der Waals surface area contributed by atoms with E-state index in [1.807, 2.05) is 36.4 Å². The van der Waals surface area contributed by atoms with Crippen LogP contribution in [0.1, 0.15) is 31.2 Å². The van der Waals surface area contributed by atoms with Crippen LogP contribution < -0.4 is 20.3 Å². The Balaban J connectivity index is 1.48. The molecule has 2 aromatic carbocycles. The number of nitrogens with zero attached hydrogens (tertiary/aromatic N) is 4. The van der Waals surface area contributed by atoms with Crippen LogP contribution in [0.15, 0.2) is 71.5 Å². The lowest BCUT2D eigenvalue weighted by Crippen LogP contribution is -2.39. The molecular weight excluding hydrogens is 536 g/mol. The summed E-state index contributed by atoms with van der Waals surface area (Å²) in [6.07, 6.45) is 4.10. The zero-order chi connectivity index (χ0) is 25.8. The number of fused-ring (bicyclic) bond motifs is 1. The number of imidazole rings is 1. The minimum atomic E-state index is -0.962. The van der Waals surface area contributed by atoms with Crippen molar-refractivity contribution >= 4 is 44.9 Å². The third-order valence-electron chi connectivity index (χ3n) is 6.67. The summed E-state index contributed by atoms with van der Waals surface area (Å²) in [4.78, 5) is 17.9. The van der Waals surface area contributed by atoms with E-state index in [2.05, 4.69) is 60.7 Å². The van der Waals surface area contributed by atoms with Gasteiger partial charge in [-0.05, 0) is 71.4 Å². The minimum Gasteiger partial charge on any atom is -0.497 e. The number of hydrogen-bond acceptors (Lipinski definition) is 6. The van der Waals surface area contributed by atoms with Gasteiger partial charge in [-0.15, -0.1) is 5.10 Å². The molecule has 1 saturated carbocycles. The first-order valence-corrected chi connectivity index (χ1v) is 13.1. The highest BCUT2D eigenvalue weighted by Crippen LogP contribution is 2.34. The van der Waals surface area contributed by atoms with Crippen LogP contribution in [-0.2, 0) is 6.54 Å². The third-order valence-corrected chi connectivity index (χ3v) is 7.21. The van der Waals surface area contributed by atoms with E-state index in [9.17, 15) is 4.79 Å². The van der Waals surface area contributed by atoms with Crippen molar-refractivity contribution in [3.63, 3.8) is 0 Å². The van der Waals surface area contributed by atoms with E-state index in [0.29, 0.717) is 6.54 Å². The predicted molar refractivity (Wildman–Crippen MR) is 147 cm³/mol. The van der Waals surface area contributed by atoms with E-state index in [1.54, 1.807) is 17.8 Å². The van der Waals surface area contributed by atoms with Gasteiger partial charge in [0.1, 0.15) is 16.2 Å². The van der Waals surface area contributed by atoms with Crippen LogP contribution in [-0.4, -0.2) is 45.0 Å². The number of methoxy groups -OCH3 is 1. The van der Waals surface area contributed by atoms with Crippen molar-refractivity contribution in [2.45, 2.75) is 44.3 Å². The molecule has 37 heavy (non-hydrogen) atoms. The molecule has 192 valence electrons. The summed E-state index contributed by atoms with van der Waals surface area (Å²) in [5.74, 6) is 1.56. The van der Waals surface area contributed by atoms with Crippen molar-refractivity contribution in [3.05, 3.63) is 77.0 Å². The molecule has 0 unspecified atom stereocenters. The average Bonchev–Trinajstić information content (AvgIpc) is 3.29. The number of para-hydroxylation sites is 1. The van der Waals surface area contributed by atoms with Gasteiger partial charge in [-0.25, -0.2) is 14.3 Å². The molecule has 5 rings (SSSR count). The Morgan fingerprint density at radius 3 is 2.49 bits per heavy atom. The molecular formula is C27H29BrN6O3. The van der Waals surface area contributed by atoms with Gasteiger partial charge in [0.25, 0.3) is 0 Å². The van der Waals surface area contributed by atoms with E-state index in [-0.39, 0.29) is 12.1 Å². The molecule has 10 heteroatoms. The number of halogens is 1. The lowest BCUT2D eigenvalue weighted by Gasteiger charge is -2.30. The van der Waals surface area contributed by atoms with E-state index < -0.39 is 6.09 Å². The maximum absolute atomic E-state index is 11.0. The zero-order valence-corrected chi connectivity index (χ0v) is 22.1. The molecule has 9 nitrogen and oxygen atoms in total. The maximum Gasteiger partial charge on any atom is 0.404 e. The molecule has 1 amide bonds. The molecule has 1 aliphatic carbocycles. The number of ether oxygens (including phenoxy) is 1. The molecule has 2 heterocycles. The SMILES string of the molecule is COc1ccc(CN(c2ccccc2)c2cc(NC3CCC(NC(=O)O)CC3)nn3c(Br)cnc23)cc1. The van der Waals surface area contributed by atoms with Crippen molar-refractivity contribution in [2.24, 2.45) is 0 Å². The van der Waals surface area contributed by atoms with Gasteiger partial charge < -0.3 is 25.4 Å². The number of carbonyl (C=O) groups is 1. The highest BCUT2D eigenvalue weighted by atomic mass is 79.9. The number of amides is 1. The summed E-state index contributed by atoms with van der Waals surface area (Å²) in [6.45, 7) is 0.629. The quantitative estimate of drug-likeness (QED) is 0.247. The topological polar surface area (TPSA) is 104 Å². The Hall–Kier alpha value is -3.79. The first-order chi connectivity index (χ1) is 18.0. The van der Waals surface area contributed by atoms with Crippen molar-refractivity contribution in [1.82, 2.24) is 19.9 Å². The summed E-state index contributed by atoms with van der Waals surface area (Å²) in [5.41, 5.74) is 3.83. The molecule has 0 bridgehead atoms. The van der Waals surface area contributed by atoms with Crippen molar-refractivity contribution in [2.75, 3.05) is 17.3 Å². The molecule has 1 aliphatic rings.